The van der Waals surface area contributed by atoms with Crippen LogP contribution in [0.5, 0.6) is 0 Å². The van der Waals surface area contributed by atoms with Gasteiger partial charge in [-0.05, 0) is 77.9 Å². The third-order valence-corrected chi connectivity index (χ3v) is 5.36. The Labute approximate surface area is 224 Å². The van der Waals surface area contributed by atoms with Crippen LogP contribution < -0.4 is 10.2 Å². The van der Waals surface area contributed by atoms with Crippen molar-refractivity contribution < 1.29 is 29.7 Å². The quantitative estimate of drug-likeness (QED) is 0.425. The normalized spacial score (nSPS) is 9.54. The number of rotatable bonds is 3. The van der Waals surface area contributed by atoms with Gasteiger partial charge in [0.15, 0.2) is 0 Å². The number of carbonyl (C=O) groups excluding carboxylic acids is 2. The molecule has 0 saturated heterocycles. The summed E-state index contributed by atoms with van der Waals surface area (Å²) < 4.78 is 0. The minimum atomic E-state index is -1.27. The van der Waals surface area contributed by atoms with Gasteiger partial charge in [-0.25, -0.2) is 4.79 Å². The Hall–Kier alpha value is -6.03. The topological polar surface area (TPSA) is 118 Å². The van der Waals surface area contributed by atoms with Crippen LogP contribution in [0.2, 0.25) is 0 Å². The van der Waals surface area contributed by atoms with Gasteiger partial charge in [0.25, 0.3) is 0 Å². The van der Waals surface area contributed by atoms with Gasteiger partial charge in [-0.1, -0.05) is 59.8 Å². The zero-order chi connectivity index (χ0) is 27.8. The van der Waals surface area contributed by atoms with Crippen molar-refractivity contribution in [2.75, 3.05) is 0 Å². The van der Waals surface area contributed by atoms with Crippen LogP contribution in [0.1, 0.15) is 64.5 Å². The molecule has 0 amide bonds. The molecule has 186 valence electrons. The van der Waals surface area contributed by atoms with Gasteiger partial charge in [0.1, 0.15) is 0 Å². The average Bonchev–Trinajstić information content (AvgIpc) is 2.94. The first-order valence-electron chi connectivity index (χ1n) is 11.4. The first kappa shape index (κ1) is 26.0. The van der Waals surface area contributed by atoms with Gasteiger partial charge in [-0.2, -0.15) is 0 Å². The van der Waals surface area contributed by atoms with Gasteiger partial charge in [0.2, 0.25) is 0 Å². The highest BCUT2D eigenvalue weighted by Crippen LogP contribution is 2.11. The molecule has 4 aromatic rings. The number of hydrogen-bond donors (Lipinski definition) is 1. The van der Waals surface area contributed by atoms with E-state index in [1.807, 2.05) is 0 Å². The predicted octanol–water partition coefficient (Wildman–Crippen LogP) is 2.31. The van der Waals surface area contributed by atoms with Crippen LogP contribution in [0.25, 0.3) is 0 Å². The summed E-state index contributed by atoms with van der Waals surface area (Å²) in [6.07, 6.45) is 0. The zero-order valence-electron chi connectivity index (χ0n) is 20.1. The molecule has 4 rings (SSSR count). The summed E-state index contributed by atoms with van der Waals surface area (Å²) in [6.45, 7) is 0. The van der Waals surface area contributed by atoms with Crippen molar-refractivity contribution in [1.82, 2.24) is 0 Å². The molecule has 0 fully saturated rings. The summed E-state index contributed by atoms with van der Waals surface area (Å²) in [5, 5.41) is 31.0. The summed E-state index contributed by atoms with van der Waals surface area (Å²) in [5.41, 5.74) is 3.96. The molecule has 6 nitrogen and oxygen atoms in total. The van der Waals surface area contributed by atoms with Gasteiger partial charge in [-0.3, -0.25) is 0 Å². The van der Waals surface area contributed by atoms with Crippen molar-refractivity contribution in [1.29, 1.82) is 0 Å². The maximum Gasteiger partial charge on any atom is 0.335 e. The Morgan fingerprint density at radius 2 is 0.692 bits per heavy atom. The van der Waals surface area contributed by atoms with E-state index in [1.54, 1.807) is 54.6 Å². The molecule has 0 atom stereocenters. The second-order valence-electron chi connectivity index (χ2n) is 8.16. The second kappa shape index (κ2) is 11.8. The Morgan fingerprint density at radius 1 is 0.436 bits per heavy atom. The summed E-state index contributed by atoms with van der Waals surface area (Å²) in [4.78, 5) is 33.0. The minimum absolute atomic E-state index is 0.0550. The van der Waals surface area contributed by atoms with Crippen LogP contribution in [-0.4, -0.2) is 23.0 Å². The highest BCUT2D eigenvalue weighted by atomic mass is 16.4. The molecule has 0 aliphatic carbocycles. The van der Waals surface area contributed by atoms with Crippen molar-refractivity contribution in [2.24, 2.45) is 0 Å². The lowest BCUT2D eigenvalue weighted by molar-refractivity contribution is -0.256. The van der Waals surface area contributed by atoms with Gasteiger partial charge in [-0.15, -0.1) is 0 Å². The van der Waals surface area contributed by atoms with E-state index in [-0.39, 0.29) is 16.7 Å². The zero-order valence-corrected chi connectivity index (χ0v) is 20.1. The molecule has 0 aromatic heterocycles. The van der Waals surface area contributed by atoms with Gasteiger partial charge >= 0.3 is 5.97 Å². The number of carboxylic acids is 3. The number of carbonyl (C=O) groups is 3. The van der Waals surface area contributed by atoms with E-state index in [0.29, 0.717) is 33.4 Å². The molecule has 1 N–H and O–H groups in total. The lowest BCUT2D eigenvalue weighted by Gasteiger charge is -2.01. The molecule has 0 radical (unpaired) electrons. The van der Waals surface area contributed by atoms with Gasteiger partial charge in [0, 0.05) is 33.4 Å². The Bertz CT molecular complexity index is 1540. The third-order valence-electron chi connectivity index (χ3n) is 5.36. The monoisotopic (exact) mass is 508 g/mol. The molecule has 0 heterocycles. The summed E-state index contributed by atoms with van der Waals surface area (Å²) in [5.74, 6) is 14.5. The molecule has 4 aromatic carbocycles. The first-order valence-corrected chi connectivity index (χ1v) is 11.4. The molecule has 0 saturated carbocycles. The van der Waals surface area contributed by atoms with Gasteiger partial charge in [0.05, 0.1) is 17.5 Å². The standard InChI is InChI=1S/C33H18O6/c34-31(35)28-13-7-22(8-14-28)1-4-25-19-26(5-2-23-9-15-29(16-10-23)32(36)37)21-27(20-25)6-3-24-11-17-30(18-12-24)33(38)39/h7-21H,(H,34,35)(H,36,37)(H,38,39)/p-2. The first-order chi connectivity index (χ1) is 18.8. The molecule has 6 heteroatoms. The SMILES string of the molecule is O=C([O-])c1ccc(C#Cc2cc(C#Cc3ccc(C(=O)[O-])cc3)cc(C#Cc3ccc(C(=O)O)cc3)c2)cc1. The lowest BCUT2D eigenvalue weighted by Crippen LogP contribution is -2.21. The molecule has 39 heavy (non-hydrogen) atoms. The second-order valence-corrected chi connectivity index (χ2v) is 8.16. The van der Waals surface area contributed by atoms with E-state index >= 15 is 0 Å². The molecule has 0 spiro atoms. The van der Waals surface area contributed by atoms with E-state index < -0.39 is 17.9 Å². The Balaban J connectivity index is 1.68. The van der Waals surface area contributed by atoms with E-state index in [2.05, 4.69) is 35.5 Å². The van der Waals surface area contributed by atoms with Crippen LogP contribution >= 0.6 is 0 Å². The van der Waals surface area contributed by atoms with E-state index in [4.69, 9.17) is 5.11 Å². The van der Waals surface area contributed by atoms with Crippen LogP contribution in [0, 0.1) is 35.5 Å². The van der Waals surface area contributed by atoms with Crippen LogP contribution in [0.3, 0.4) is 0 Å². The summed E-state index contributed by atoms with van der Waals surface area (Å²) >= 11 is 0. The lowest BCUT2D eigenvalue weighted by atomic mass is 10.0. The predicted molar refractivity (Wildman–Crippen MR) is 139 cm³/mol. The van der Waals surface area contributed by atoms with Crippen molar-refractivity contribution in [2.45, 2.75) is 0 Å². The van der Waals surface area contributed by atoms with Crippen LogP contribution in [0.4, 0.5) is 0 Å². The fourth-order valence-electron chi connectivity index (χ4n) is 3.35. The molecular weight excluding hydrogens is 492 g/mol. The number of hydrogen-bond acceptors (Lipinski definition) is 5. The molecule has 0 aliphatic rings. The molecule has 0 unspecified atom stereocenters. The van der Waals surface area contributed by atoms with Gasteiger partial charge < -0.3 is 24.9 Å². The highest BCUT2D eigenvalue weighted by Gasteiger charge is 2.01. The van der Waals surface area contributed by atoms with Crippen molar-refractivity contribution in [3.05, 3.63) is 141 Å². The Morgan fingerprint density at radius 3 is 0.949 bits per heavy atom. The maximum atomic E-state index is 11.1. The average molecular weight is 508 g/mol. The van der Waals surface area contributed by atoms with Crippen molar-refractivity contribution >= 4 is 17.9 Å². The van der Waals surface area contributed by atoms with Crippen molar-refractivity contribution in [3.8, 4) is 35.5 Å². The maximum absolute atomic E-state index is 11.1. The summed E-state index contributed by atoms with van der Waals surface area (Å²) in [7, 11) is 0. The van der Waals surface area contributed by atoms with E-state index in [9.17, 15) is 24.6 Å². The smallest absolute Gasteiger partial charge is 0.335 e. The fraction of sp³-hybridized carbons (Fsp3) is 0. The molecular formula is C33H16O6-2. The number of carboxylic acid groups (broad SMARTS) is 3. The van der Waals surface area contributed by atoms with E-state index in [1.165, 1.54) is 36.4 Å². The van der Waals surface area contributed by atoms with E-state index in [0.717, 1.165) is 0 Å². The summed E-state index contributed by atoms with van der Waals surface area (Å²) in [6, 6.07) is 23.5. The largest absolute Gasteiger partial charge is 0.545 e. The molecule has 0 bridgehead atoms. The number of aromatic carboxylic acids is 3. The van der Waals surface area contributed by atoms with Crippen molar-refractivity contribution in [3.63, 3.8) is 0 Å². The fourth-order valence-corrected chi connectivity index (χ4v) is 3.35. The third kappa shape index (κ3) is 7.24. The van der Waals surface area contributed by atoms with Crippen LogP contribution in [-0.2, 0) is 0 Å². The van der Waals surface area contributed by atoms with Crippen LogP contribution in [0.15, 0.2) is 91.0 Å². The Kier molecular flexibility index (Phi) is 7.88. The molecule has 0 aliphatic heterocycles. The minimum Gasteiger partial charge on any atom is -0.545 e. The highest BCUT2D eigenvalue weighted by molar-refractivity contribution is 5.88. The number of benzene rings is 4.